The van der Waals surface area contributed by atoms with Crippen molar-refractivity contribution < 1.29 is 19.1 Å². The average molecular weight is 650 g/mol. The Morgan fingerprint density at radius 1 is 0.905 bits per heavy atom. The number of hydrogen-bond donors (Lipinski definition) is 1. The van der Waals surface area contributed by atoms with E-state index in [-0.39, 0.29) is 31.2 Å². The number of carbonyl (C=O) groups excluding carboxylic acids is 2. The van der Waals surface area contributed by atoms with Crippen LogP contribution in [0.1, 0.15) is 109 Å². The number of pyridine rings is 2. The van der Waals surface area contributed by atoms with Gasteiger partial charge in [-0.15, -0.1) is 0 Å². The summed E-state index contributed by atoms with van der Waals surface area (Å²) in [6.45, 7) is 10.9. The molecule has 2 aromatic heterocycles. The molecule has 4 rings (SSSR count). The van der Waals surface area contributed by atoms with Gasteiger partial charge in [0.05, 0.1) is 38.9 Å². The van der Waals surface area contributed by atoms with Gasteiger partial charge < -0.3 is 19.7 Å². The van der Waals surface area contributed by atoms with E-state index >= 15 is 0 Å². The molecule has 0 spiro atoms. The minimum absolute atomic E-state index is 0. The minimum Gasteiger partial charge on any atom is -0.469 e. The zero-order valence-electron chi connectivity index (χ0n) is 25.7. The van der Waals surface area contributed by atoms with Gasteiger partial charge in [-0.05, 0) is 104 Å². The fourth-order valence-corrected chi connectivity index (χ4v) is 5.36. The molecule has 0 aromatic carbocycles. The normalized spacial score (nSPS) is 19.4. The number of halogens is 1. The van der Waals surface area contributed by atoms with Crippen LogP contribution in [0.25, 0.3) is 0 Å². The third kappa shape index (κ3) is 13.6. The lowest BCUT2D eigenvalue weighted by atomic mass is 9.98. The summed E-state index contributed by atoms with van der Waals surface area (Å²) in [4.78, 5) is 33.2. The lowest BCUT2D eigenvalue weighted by Gasteiger charge is -2.35. The number of carbonyl (C=O) groups is 2. The lowest BCUT2D eigenvalue weighted by molar-refractivity contribution is -0.141. The fraction of sp³-hybridized carbons (Fsp3) is 0.636. The van der Waals surface area contributed by atoms with E-state index in [2.05, 4.69) is 60.8 Å². The molecule has 0 bridgehead atoms. The number of rotatable bonds is 7. The topological polar surface area (TPSA) is 93.7 Å². The summed E-state index contributed by atoms with van der Waals surface area (Å²) in [6, 6.07) is 5.48. The maximum Gasteiger partial charge on any atom is 0.306 e. The van der Waals surface area contributed by atoms with Crippen LogP contribution in [0, 0.1) is 0 Å². The molecule has 8 nitrogen and oxygen atoms in total. The van der Waals surface area contributed by atoms with Crippen LogP contribution in [-0.4, -0.2) is 61.3 Å². The van der Waals surface area contributed by atoms with E-state index in [0.29, 0.717) is 18.9 Å². The first-order chi connectivity index (χ1) is 19.6. The van der Waals surface area contributed by atoms with E-state index < -0.39 is 0 Å². The van der Waals surface area contributed by atoms with Gasteiger partial charge in [-0.3, -0.25) is 19.6 Å². The van der Waals surface area contributed by atoms with Crippen LogP contribution in [0.2, 0.25) is 0 Å². The first-order valence-electron chi connectivity index (χ1n) is 14.8. The smallest absolute Gasteiger partial charge is 0.306 e. The van der Waals surface area contributed by atoms with Crippen LogP contribution in [0.3, 0.4) is 0 Å². The first kappa shape index (κ1) is 37.5. The third-order valence-electron chi connectivity index (χ3n) is 7.70. The molecule has 0 saturated carbocycles. The predicted molar refractivity (Wildman–Crippen MR) is 175 cm³/mol. The van der Waals surface area contributed by atoms with Crippen molar-refractivity contribution in [2.45, 2.75) is 110 Å². The number of nitrogens with one attached hydrogen (secondary N) is 1. The van der Waals surface area contributed by atoms with Gasteiger partial charge in [0.15, 0.2) is 0 Å². The van der Waals surface area contributed by atoms with Gasteiger partial charge in [0.1, 0.15) is 0 Å². The molecular formula is C33H53BrN4O4. The molecule has 9 heteroatoms. The van der Waals surface area contributed by atoms with Crippen LogP contribution in [0.15, 0.2) is 41.4 Å². The van der Waals surface area contributed by atoms with Crippen LogP contribution >= 0.6 is 15.9 Å². The molecule has 42 heavy (non-hydrogen) atoms. The second-order valence-corrected chi connectivity index (χ2v) is 12.1. The highest BCUT2D eigenvalue weighted by atomic mass is 79.9. The monoisotopic (exact) mass is 648 g/mol. The molecule has 236 valence electrons. The maximum atomic E-state index is 11.4. The number of nitrogens with zero attached hydrogens (tertiary/aromatic N) is 3. The molecule has 2 aromatic rings. The van der Waals surface area contributed by atoms with Crippen LogP contribution < -0.4 is 10.2 Å². The first-order valence-corrected chi connectivity index (χ1v) is 15.6. The van der Waals surface area contributed by atoms with Gasteiger partial charge >= 0.3 is 11.9 Å². The standard InChI is InChI=1S/C16H24N2O2.C10H12BrNO2.C6H13N.CH4/c1-12(8-16(19)20-3)14-9-15(11-17-10-14)18-7-5-4-6-13(18)2;1-7(3-10(13)14-2)8-4-9(11)6-12-5-8;1-6-4-2-3-5-7-6;/h9-13H,4-8H2,1-3H3;4-7H,3H2,1-2H3;6-7H,2-5H2,1H3;1H4/t12-,13+;7-;6-;/m110./s1. The fourth-order valence-electron chi connectivity index (χ4n) is 4.98. The number of hydrogen-bond acceptors (Lipinski definition) is 8. The molecule has 2 aliphatic rings. The quantitative estimate of drug-likeness (QED) is 0.310. The molecule has 0 unspecified atom stereocenters. The Labute approximate surface area is 262 Å². The number of anilines is 1. The Morgan fingerprint density at radius 2 is 1.48 bits per heavy atom. The Morgan fingerprint density at radius 3 is 1.95 bits per heavy atom. The summed E-state index contributed by atoms with van der Waals surface area (Å²) < 4.78 is 10.3. The Bertz CT molecular complexity index is 1060. The van der Waals surface area contributed by atoms with Gasteiger partial charge in [-0.2, -0.15) is 0 Å². The molecule has 0 radical (unpaired) electrons. The Balaban J connectivity index is 0.000000347. The molecule has 2 fully saturated rings. The summed E-state index contributed by atoms with van der Waals surface area (Å²) in [7, 11) is 2.83. The van der Waals surface area contributed by atoms with Gasteiger partial charge in [0.25, 0.3) is 0 Å². The summed E-state index contributed by atoms with van der Waals surface area (Å²) in [5.74, 6) is -0.103. The minimum atomic E-state index is -0.197. The number of methoxy groups -OCH3 is 2. The molecule has 4 heterocycles. The van der Waals surface area contributed by atoms with Gasteiger partial charge in [-0.25, -0.2) is 0 Å². The number of esters is 2. The molecule has 1 N–H and O–H groups in total. The summed E-state index contributed by atoms with van der Waals surface area (Å²) in [6.07, 6.45) is 16.0. The van der Waals surface area contributed by atoms with E-state index in [1.54, 1.807) is 12.4 Å². The molecular weight excluding hydrogens is 596 g/mol. The maximum absolute atomic E-state index is 11.4. The highest BCUT2D eigenvalue weighted by molar-refractivity contribution is 9.10. The van der Waals surface area contributed by atoms with Crippen LogP contribution in [-0.2, 0) is 19.1 Å². The lowest BCUT2D eigenvalue weighted by Crippen LogP contribution is -2.37. The molecule has 0 amide bonds. The van der Waals surface area contributed by atoms with Crippen molar-refractivity contribution in [2.75, 3.05) is 32.2 Å². The van der Waals surface area contributed by atoms with Gasteiger partial charge in [0.2, 0.25) is 0 Å². The highest BCUT2D eigenvalue weighted by Crippen LogP contribution is 2.28. The van der Waals surface area contributed by atoms with Crippen molar-refractivity contribution in [1.29, 1.82) is 0 Å². The number of aromatic nitrogens is 2. The van der Waals surface area contributed by atoms with Crippen LogP contribution in [0.5, 0.6) is 0 Å². The molecule has 0 aliphatic carbocycles. The van der Waals surface area contributed by atoms with Crippen LogP contribution in [0.4, 0.5) is 5.69 Å². The predicted octanol–water partition coefficient (Wildman–Crippen LogP) is 7.42. The second kappa shape index (κ2) is 20.4. The van der Waals surface area contributed by atoms with E-state index in [1.165, 1.54) is 65.0 Å². The molecule has 2 saturated heterocycles. The van der Waals surface area contributed by atoms with Gasteiger partial charge in [0, 0.05) is 41.7 Å². The number of piperidine rings is 2. The average Bonchev–Trinajstić information content (AvgIpc) is 2.98. The summed E-state index contributed by atoms with van der Waals surface area (Å²) in [5, 5.41) is 3.38. The number of ether oxygens (including phenoxy) is 2. The Kier molecular flexibility index (Phi) is 18.2. The van der Waals surface area contributed by atoms with E-state index in [1.807, 2.05) is 32.3 Å². The van der Waals surface area contributed by atoms with Crippen molar-refractivity contribution in [2.24, 2.45) is 0 Å². The molecule has 2 aliphatic heterocycles. The van der Waals surface area contributed by atoms with E-state index in [4.69, 9.17) is 4.74 Å². The SMILES string of the molecule is C.COC(=O)C[C@@H](C)c1cncc(Br)c1.COC(=O)C[C@@H](C)c1cncc(N2CCCC[C@@H]2C)c1.C[C@H]1CCCCN1. The zero-order valence-corrected chi connectivity index (χ0v) is 27.3. The van der Waals surface area contributed by atoms with Crippen molar-refractivity contribution in [3.8, 4) is 0 Å². The van der Waals surface area contributed by atoms with Crippen molar-refractivity contribution in [1.82, 2.24) is 15.3 Å². The highest BCUT2D eigenvalue weighted by Gasteiger charge is 2.20. The van der Waals surface area contributed by atoms with Crippen molar-refractivity contribution in [3.05, 3.63) is 52.5 Å². The van der Waals surface area contributed by atoms with Crippen molar-refractivity contribution >= 4 is 33.6 Å². The third-order valence-corrected chi connectivity index (χ3v) is 8.14. The van der Waals surface area contributed by atoms with E-state index in [9.17, 15) is 9.59 Å². The largest absolute Gasteiger partial charge is 0.469 e. The summed E-state index contributed by atoms with van der Waals surface area (Å²) in [5.41, 5.74) is 3.31. The molecule has 4 atom stereocenters. The summed E-state index contributed by atoms with van der Waals surface area (Å²) >= 11 is 3.34. The van der Waals surface area contributed by atoms with Gasteiger partial charge in [-0.1, -0.05) is 27.7 Å². The Hall–Kier alpha value is -2.52. The second-order valence-electron chi connectivity index (χ2n) is 11.2. The van der Waals surface area contributed by atoms with Crippen molar-refractivity contribution in [3.63, 3.8) is 0 Å². The zero-order chi connectivity index (χ0) is 30.2. The van der Waals surface area contributed by atoms with E-state index in [0.717, 1.165) is 28.2 Å².